The standard InChI is InChI=1S/C21H16ClF2N9O/c22-13-3-4-14(24)17-16(13)20(34)33(11-6-10(23)8-28-9-11)15(30-17)2-1-5-29-19-12(7-25)18(26)31-21(27)32-19/h3-4,6,8-9H,1-2,5H2,(H5,26,27,29,31,32). The number of nitriles is 1. The predicted octanol–water partition coefficient (Wildman–Crippen LogP) is 2.58. The lowest BCUT2D eigenvalue weighted by molar-refractivity contribution is 0.617. The van der Waals surface area contributed by atoms with Gasteiger partial charge in [0.1, 0.15) is 40.4 Å². The second kappa shape index (κ2) is 9.24. The topological polar surface area (TPSA) is 161 Å². The van der Waals surface area contributed by atoms with Crippen molar-refractivity contribution >= 4 is 40.1 Å². The number of nitrogens with two attached hydrogens (primary N) is 2. The van der Waals surface area contributed by atoms with E-state index < -0.39 is 17.2 Å². The van der Waals surface area contributed by atoms with Gasteiger partial charge in [-0.2, -0.15) is 15.2 Å². The van der Waals surface area contributed by atoms with Gasteiger partial charge < -0.3 is 16.8 Å². The molecule has 34 heavy (non-hydrogen) atoms. The zero-order valence-corrected chi connectivity index (χ0v) is 18.1. The van der Waals surface area contributed by atoms with Gasteiger partial charge in [-0.1, -0.05) is 11.6 Å². The van der Waals surface area contributed by atoms with Gasteiger partial charge in [-0.15, -0.1) is 0 Å². The number of nitrogen functional groups attached to an aromatic ring is 2. The van der Waals surface area contributed by atoms with E-state index in [0.29, 0.717) is 6.42 Å². The molecule has 1 aromatic carbocycles. The first-order valence-electron chi connectivity index (χ1n) is 9.87. The Hall–Kier alpha value is -4.37. The van der Waals surface area contributed by atoms with Crippen molar-refractivity contribution < 1.29 is 8.78 Å². The molecule has 0 radical (unpaired) electrons. The van der Waals surface area contributed by atoms with Crippen LogP contribution in [0.3, 0.4) is 0 Å². The molecule has 0 amide bonds. The lowest BCUT2D eigenvalue weighted by Crippen LogP contribution is -2.25. The third-order valence-corrected chi connectivity index (χ3v) is 5.19. The Morgan fingerprint density at radius 3 is 2.71 bits per heavy atom. The highest BCUT2D eigenvalue weighted by Gasteiger charge is 2.18. The Balaban J connectivity index is 1.70. The molecule has 0 aliphatic rings. The van der Waals surface area contributed by atoms with Crippen LogP contribution in [0.15, 0.2) is 35.4 Å². The molecular formula is C21H16ClF2N9O. The van der Waals surface area contributed by atoms with E-state index >= 15 is 0 Å². The first-order chi connectivity index (χ1) is 16.3. The maximum Gasteiger partial charge on any atom is 0.267 e. The van der Waals surface area contributed by atoms with Crippen LogP contribution in [0.2, 0.25) is 5.02 Å². The zero-order valence-electron chi connectivity index (χ0n) is 17.4. The molecule has 3 aromatic heterocycles. The number of nitrogens with one attached hydrogen (secondary N) is 1. The summed E-state index contributed by atoms with van der Waals surface area (Å²) in [5.41, 5.74) is 10.6. The Morgan fingerprint density at radius 1 is 1.18 bits per heavy atom. The SMILES string of the molecule is N#Cc1c(N)nc(N)nc1NCCCc1nc2c(F)ccc(Cl)c2c(=O)n1-c1cncc(F)c1. The second-order valence-corrected chi connectivity index (χ2v) is 7.52. The van der Waals surface area contributed by atoms with Gasteiger partial charge >= 0.3 is 0 Å². The highest BCUT2D eigenvalue weighted by Crippen LogP contribution is 2.24. The van der Waals surface area contributed by atoms with Crippen molar-refractivity contribution in [3.8, 4) is 11.8 Å². The molecule has 0 saturated heterocycles. The maximum atomic E-state index is 14.5. The van der Waals surface area contributed by atoms with Gasteiger partial charge in [-0.05, 0) is 18.6 Å². The summed E-state index contributed by atoms with van der Waals surface area (Å²) in [6.45, 7) is 0.262. The van der Waals surface area contributed by atoms with E-state index in [1.807, 2.05) is 6.07 Å². The van der Waals surface area contributed by atoms with Crippen LogP contribution >= 0.6 is 11.6 Å². The Labute approximate surface area is 195 Å². The number of rotatable bonds is 6. The maximum absolute atomic E-state index is 14.5. The summed E-state index contributed by atoms with van der Waals surface area (Å²) < 4.78 is 29.5. The molecule has 0 saturated carbocycles. The minimum atomic E-state index is -0.717. The summed E-state index contributed by atoms with van der Waals surface area (Å²) in [6, 6.07) is 5.39. The lowest BCUT2D eigenvalue weighted by atomic mass is 10.2. The predicted molar refractivity (Wildman–Crippen MR) is 122 cm³/mol. The highest BCUT2D eigenvalue weighted by molar-refractivity contribution is 6.35. The van der Waals surface area contributed by atoms with Crippen LogP contribution < -0.4 is 22.3 Å². The van der Waals surface area contributed by atoms with Crippen LogP contribution in [0.5, 0.6) is 0 Å². The molecular weight excluding hydrogens is 468 g/mol. The summed E-state index contributed by atoms with van der Waals surface area (Å²) in [7, 11) is 0. The van der Waals surface area contributed by atoms with Gasteiger partial charge in [-0.3, -0.25) is 14.3 Å². The fourth-order valence-corrected chi connectivity index (χ4v) is 3.64. The van der Waals surface area contributed by atoms with Crippen molar-refractivity contribution in [3.63, 3.8) is 0 Å². The summed E-state index contributed by atoms with van der Waals surface area (Å²) in [4.78, 5) is 29.1. The second-order valence-electron chi connectivity index (χ2n) is 7.12. The van der Waals surface area contributed by atoms with Gasteiger partial charge in [0.25, 0.3) is 5.56 Å². The Bertz CT molecular complexity index is 1520. The average molecular weight is 484 g/mol. The van der Waals surface area contributed by atoms with Crippen LogP contribution in [0, 0.1) is 23.0 Å². The van der Waals surface area contributed by atoms with Gasteiger partial charge in [0.05, 0.1) is 28.5 Å². The number of nitrogens with zero attached hydrogens (tertiary/aromatic N) is 6. The number of aryl methyl sites for hydroxylation is 1. The highest BCUT2D eigenvalue weighted by atomic mass is 35.5. The molecule has 0 fully saturated rings. The van der Waals surface area contributed by atoms with Crippen molar-refractivity contribution in [2.24, 2.45) is 0 Å². The molecule has 4 rings (SSSR count). The summed E-state index contributed by atoms with van der Waals surface area (Å²) in [6.07, 6.45) is 2.81. The van der Waals surface area contributed by atoms with Crippen molar-refractivity contribution in [3.05, 3.63) is 69.0 Å². The molecule has 0 atom stereocenters. The Morgan fingerprint density at radius 2 is 1.97 bits per heavy atom. The normalized spacial score (nSPS) is 10.9. The largest absolute Gasteiger partial charge is 0.382 e. The molecule has 0 spiro atoms. The lowest BCUT2D eigenvalue weighted by Gasteiger charge is -2.15. The molecule has 13 heteroatoms. The molecule has 3 heterocycles. The molecule has 10 nitrogen and oxygen atoms in total. The first-order valence-corrected chi connectivity index (χ1v) is 10.3. The van der Waals surface area contributed by atoms with Crippen molar-refractivity contribution in [2.45, 2.75) is 12.8 Å². The third kappa shape index (κ3) is 4.28. The molecule has 0 aliphatic carbocycles. The number of anilines is 3. The molecule has 4 aromatic rings. The van der Waals surface area contributed by atoms with Crippen LogP contribution in [-0.4, -0.2) is 31.0 Å². The van der Waals surface area contributed by atoms with E-state index in [1.165, 1.54) is 12.3 Å². The fraction of sp³-hybridized carbons (Fsp3) is 0.143. The van der Waals surface area contributed by atoms with E-state index in [0.717, 1.165) is 22.9 Å². The van der Waals surface area contributed by atoms with Crippen LogP contribution in [0.1, 0.15) is 17.8 Å². The first kappa shape index (κ1) is 22.8. The number of hydrogen-bond acceptors (Lipinski definition) is 9. The minimum Gasteiger partial charge on any atom is -0.382 e. The zero-order chi connectivity index (χ0) is 24.4. The monoisotopic (exact) mass is 483 g/mol. The molecule has 0 unspecified atom stereocenters. The van der Waals surface area contributed by atoms with E-state index in [1.54, 1.807) is 0 Å². The van der Waals surface area contributed by atoms with Crippen LogP contribution in [-0.2, 0) is 6.42 Å². The van der Waals surface area contributed by atoms with Crippen molar-refractivity contribution in [1.29, 1.82) is 5.26 Å². The van der Waals surface area contributed by atoms with Gasteiger partial charge in [0, 0.05) is 19.0 Å². The van der Waals surface area contributed by atoms with Crippen molar-refractivity contribution in [1.82, 2.24) is 24.5 Å². The fourth-order valence-electron chi connectivity index (χ4n) is 3.41. The Kier molecular flexibility index (Phi) is 6.20. The summed E-state index contributed by atoms with van der Waals surface area (Å²) in [5, 5.41) is 12.1. The molecule has 5 N–H and O–H groups in total. The van der Waals surface area contributed by atoms with Crippen LogP contribution in [0.25, 0.3) is 16.6 Å². The smallest absolute Gasteiger partial charge is 0.267 e. The summed E-state index contributed by atoms with van der Waals surface area (Å²) >= 11 is 6.15. The van der Waals surface area contributed by atoms with Gasteiger partial charge in [0.15, 0.2) is 5.82 Å². The number of halogens is 3. The van der Waals surface area contributed by atoms with E-state index in [4.69, 9.17) is 23.1 Å². The molecule has 172 valence electrons. The van der Waals surface area contributed by atoms with Gasteiger partial charge in [0.2, 0.25) is 5.95 Å². The van der Waals surface area contributed by atoms with E-state index in [-0.39, 0.29) is 63.6 Å². The molecule has 0 aliphatic heterocycles. The van der Waals surface area contributed by atoms with Crippen molar-refractivity contribution in [2.75, 3.05) is 23.3 Å². The molecule has 0 bridgehead atoms. The number of benzene rings is 1. The number of hydrogen-bond donors (Lipinski definition) is 3. The third-order valence-electron chi connectivity index (χ3n) is 4.88. The number of pyridine rings is 1. The van der Waals surface area contributed by atoms with E-state index in [9.17, 15) is 18.8 Å². The average Bonchev–Trinajstić information content (AvgIpc) is 2.78. The van der Waals surface area contributed by atoms with Crippen LogP contribution in [0.4, 0.5) is 26.4 Å². The summed E-state index contributed by atoms with van der Waals surface area (Å²) in [5.74, 6) is -1.22. The number of fused-ring (bicyclic) bond motifs is 1. The van der Waals surface area contributed by atoms with Gasteiger partial charge in [-0.25, -0.2) is 13.8 Å². The minimum absolute atomic E-state index is 0.0169. The number of aromatic nitrogens is 5. The quantitative estimate of drug-likeness (QED) is 0.350. The van der Waals surface area contributed by atoms with E-state index in [2.05, 4.69) is 25.3 Å².